The fourth-order valence-electron chi connectivity index (χ4n) is 3.51. The molecule has 0 bridgehead atoms. The van der Waals surface area contributed by atoms with Crippen LogP contribution in [0.15, 0.2) is 48.5 Å². The summed E-state index contributed by atoms with van der Waals surface area (Å²) >= 11 is 0. The van der Waals surface area contributed by atoms with Crippen LogP contribution in [0.1, 0.15) is 6.92 Å². The zero-order valence-electron chi connectivity index (χ0n) is 16.3. The minimum absolute atomic E-state index is 0.0878. The fraction of sp³-hybridized carbons (Fsp3) is 0.350. The van der Waals surface area contributed by atoms with Crippen molar-refractivity contribution in [1.29, 1.82) is 0 Å². The Hall–Kier alpha value is -2.68. The maximum atomic E-state index is 13.7. The van der Waals surface area contributed by atoms with Gasteiger partial charge in [-0.2, -0.15) is 0 Å². The number of hydrogen-bond donors (Lipinski definition) is 0. The van der Waals surface area contributed by atoms with Gasteiger partial charge < -0.3 is 9.80 Å². The molecule has 0 radical (unpaired) electrons. The highest BCUT2D eigenvalue weighted by Crippen LogP contribution is 2.24. The number of para-hydroxylation sites is 1. The number of benzene rings is 2. The first-order valence-electron chi connectivity index (χ1n) is 9.21. The van der Waals surface area contributed by atoms with Crippen molar-refractivity contribution < 1.29 is 22.0 Å². The predicted octanol–water partition coefficient (Wildman–Crippen LogP) is 2.47. The summed E-state index contributed by atoms with van der Waals surface area (Å²) in [4.78, 5) is 16.7. The molecule has 0 aliphatic carbocycles. The first-order chi connectivity index (χ1) is 13.7. The van der Waals surface area contributed by atoms with Gasteiger partial charge in [0.05, 0.1) is 11.9 Å². The minimum atomic E-state index is -3.90. The summed E-state index contributed by atoms with van der Waals surface area (Å²) in [7, 11) is -3.90. The van der Waals surface area contributed by atoms with E-state index in [4.69, 9.17) is 0 Å². The summed E-state index contributed by atoms with van der Waals surface area (Å²) in [6, 6.07) is 11.5. The lowest BCUT2D eigenvalue weighted by atomic mass is 10.2. The molecule has 1 atom stereocenters. The van der Waals surface area contributed by atoms with Gasteiger partial charge in [-0.25, -0.2) is 17.2 Å². The van der Waals surface area contributed by atoms with E-state index >= 15 is 0 Å². The number of anilines is 2. The van der Waals surface area contributed by atoms with Crippen LogP contribution in [-0.2, 0) is 14.8 Å². The third-order valence-corrected chi connectivity index (χ3v) is 6.18. The van der Waals surface area contributed by atoms with Gasteiger partial charge in [-0.05, 0) is 31.2 Å². The van der Waals surface area contributed by atoms with Gasteiger partial charge in [-0.15, -0.1) is 0 Å². The van der Waals surface area contributed by atoms with E-state index in [0.29, 0.717) is 26.2 Å². The molecule has 156 valence electrons. The number of carbonyl (C=O) groups excluding carboxylic acids is 1. The molecule has 6 nitrogen and oxygen atoms in total. The number of nitrogens with zero attached hydrogens (tertiary/aromatic N) is 3. The number of halogens is 2. The molecule has 1 aliphatic heterocycles. The Morgan fingerprint density at radius 3 is 2.17 bits per heavy atom. The molecule has 29 heavy (non-hydrogen) atoms. The van der Waals surface area contributed by atoms with Crippen molar-refractivity contribution in [3.05, 3.63) is 60.2 Å². The van der Waals surface area contributed by atoms with E-state index in [1.54, 1.807) is 4.90 Å². The molecule has 0 N–H and O–H groups in total. The normalized spacial score (nSPS) is 15.9. The van der Waals surface area contributed by atoms with Crippen LogP contribution < -0.4 is 9.21 Å². The number of sulfonamides is 1. The number of piperazine rings is 1. The first kappa shape index (κ1) is 21.0. The van der Waals surface area contributed by atoms with Crippen molar-refractivity contribution in [2.24, 2.45) is 0 Å². The largest absolute Gasteiger partial charge is 0.368 e. The van der Waals surface area contributed by atoms with Crippen molar-refractivity contribution in [3.8, 4) is 0 Å². The van der Waals surface area contributed by atoms with E-state index < -0.39 is 27.7 Å². The van der Waals surface area contributed by atoms with Crippen LogP contribution in [-0.4, -0.2) is 57.7 Å². The highest BCUT2D eigenvalue weighted by molar-refractivity contribution is 7.92. The summed E-state index contributed by atoms with van der Waals surface area (Å²) in [6.45, 7) is 3.56. The van der Waals surface area contributed by atoms with E-state index in [0.717, 1.165) is 34.4 Å². The summed E-state index contributed by atoms with van der Waals surface area (Å²) in [5, 5.41) is 0. The minimum Gasteiger partial charge on any atom is -0.368 e. The van der Waals surface area contributed by atoms with Crippen molar-refractivity contribution >= 4 is 27.3 Å². The Balaban J connectivity index is 1.76. The zero-order valence-corrected chi connectivity index (χ0v) is 17.1. The molecule has 0 spiro atoms. The monoisotopic (exact) mass is 423 g/mol. The quantitative estimate of drug-likeness (QED) is 0.741. The molecular weight excluding hydrogens is 400 g/mol. The topological polar surface area (TPSA) is 60.9 Å². The Bertz CT molecular complexity index is 978. The van der Waals surface area contributed by atoms with Gasteiger partial charge in [0.25, 0.3) is 0 Å². The van der Waals surface area contributed by atoms with Gasteiger partial charge in [0.2, 0.25) is 15.9 Å². The Kier molecular flexibility index (Phi) is 6.07. The summed E-state index contributed by atoms with van der Waals surface area (Å²) < 4.78 is 52.4. The standard InChI is InChI=1S/C20H23F2N3O3S/c1-15(25(29(2,27)28)17-8-9-18(21)19(22)14-17)20(26)24-12-10-23(11-13-24)16-6-4-3-5-7-16/h3-9,14-15H,10-13H2,1-2H3. The van der Waals surface area contributed by atoms with E-state index in [1.807, 2.05) is 30.3 Å². The van der Waals surface area contributed by atoms with Crippen LogP contribution >= 0.6 is 0 Å². The van der Waals surface area contributed by atoms with Crippen molar-refractivity contribution in [2.75, 3.05) is 41.6 Å². The maximum absolute atomic E-state index is 13.7. The molecule has 1 amide bonds. The van der Waals surface area contributed by atoms with Crippen LogP contribution in [0.2, 0.25) is 0 Å². The maximum Gasteiger partial charge on any atom is 0.246 e. The number of hydrogen-bond acceptors (Lipinski definition) is 4. The highest BCUT2D eigenvalue weighted by atomic mass is 32.2. The van der Waals surface area contributed by atoms with Gasteiger partial charge in [0.15, 0.2) is 11.6 Å². The van der Waals surface area contributed by atoms with Crippen molar-refractivity contribution in [2.45, 2.75) is 13.0 Å². The highest BCUT2D eigenvalue weighted by Gasteiger charge is 2.33. The molecule has 2 aromatic carbocycles. The van der Waals surface area contributed by atoms with Crippen molar-refractivity contribution in [3.63, 3.8) is 0 Å². The molecule has 1 aliphatic rings. The third kappa shape index (κ3) is 4.67. The van der Waals surface area contributed by atoms with Crippen LogP contribution in [0.25, 0.3) is 0 Å². The van der Waals surface area contributed by atoms with E-state index in [1.165, 1.54) is 6.92 Å². The SMILES string of the molecule is CC(C(=O)N1CCN(c2ccccc2)CC1)N(c1ccc(F)c(F)c1)S(C)(=O)=O. The molecule has 1 saturated heterocycles. The molecule has 1 unspecified atom stereocenters. The lowest BCUT2D eigenvalue weighted by molar-refractivity contribution is -0.132. The summed E-state index contributed by atoms with van der Waals surface area (Å²) in [6.07, 6.45) is 0.936. The number of amides is 1. The Morgan fingerprint density at radius 1 is 1.00 bits per heavy atom. The van der Waals surface area contributed by atoms with Gasteiger partial charge in [-0.1, -0.05) is 18.2 Å². The number of carbonyl (C=O) groups is 1. The fourth-order valence-corrected chi connectivity index (χ4v) is 4.67. The summed E-state index contributed by atoms with van der Waals surface area (Å²) in [5.74, 6) is -2.64. The molecular formula is C20H23F2N3O3S. The second-order valence-electron chi connectivity index (χ2n) is 6.98. The second-order valence-corrected chi connectivity index (χ2v) is 8.84. The van der Waals surface area contributed by atoms with Crippen LogP contribution in [0.4, 0.5) is 20.2 Å². The smallest absolute Gasteiger partial charge is 0.246 e. The average Bonchev–Trinajstić information content (AvgIpc) is 2.70. The Morgan fingerprint density at radius 2 is 1.62 bits per heavy atom. The molecule has 0 aromatic heterocycles. The van der Waals surface area contributed by atoms with Crippen LogP contribution in [0.3, 0.4) is 0 Å². The van der Waals surface area contributed by atoms with Gasteiger partial charge in [0.1, 0.15) is 6.04 Å². The Labute approximate surface area is 169 Å². The molecule has 2 aromatic rings. The predicted molar refractivity (Wildman–Crippen MR) is 108 cm³/mol. The first-order valence-corrected chi connectivity index (χ1v) is 11.1. The van der Waals surface area contributed by atoms with Crippen molar-refractivity contribution in [1.82, 2.24) is 4.90 Å². The summed E-state index contributed by atoms with van der Waals surface area (Å²) in [5.41, 5.74) is 0.974. The third-order valence-electron chi connectivity index (χ3n) is 4.94. The van der Waals surface area contributed by atoms with Gasteiger partial charge in [0, 0.05) is 37.9 Å². The molecule has 1 heterocycles. The molecule has 3 rings (SSSR count). The average molecular weight is 423 g/mol. The lowest BCUT2D eigenvalue weighted by Crippen LogP contribution is -2.55. The van der Waals surface area contributed by atoms with Crippen LogP contribution in [0.5, 0.6) is 0 Å². The zero-order chi connectivity index (χ0) is 21.2. The molecule has 9 heteroatoms. The van der Waals surface area contributed by atoms with E-state index in [9.17, 15) is 22.0 Å². The molecule has 0 saturated carbocycles. The molecule has 1 fully saturated rings. The van der Waals surface area contributed by atoms with Gasteiger partial charge >= 0.3 is 0 Å². The second kappa shape index (κ2) is 8.36. The lowest BCUT2D eigenvalue weighted by Gasteiger charge is -2.39. The van der Waals surface area contributed by atoms with E-state index in [-0.39, 0.29) is 11.6 Å². The van der Waals surface area contributed by atoms with E-state index in [2.05, 4.69) is 4.90 Å². The number of rotatable bonds is 5. The van der Waals surface area contributed by atoms with Gasteiger partial charge in [-0.3, -0.25) is 9.10 Å². The van der Waals surface area contributed by atoms with Crippen LogP contribution in [0, 0.1) is 11.6 Å².